The summed E-state index contributed by atoms with van der Waals surface area (Å²) in [6.07, 6.45) is 0. The molecule has 2 heterocycles. The van der Waals surface area contributed by atoms with E-state index in [2.05, 4.69) is 43.0 Å². The molecule has 7 nitrogen and oxygen atoms in total. The first-order valence-corrected chi connectivity index (χ1v) is 10.7. The molecule has 1 aromatic heterocycles. The van der Waals surface area contributed by atoms with E-state index in [0.29, 0.717) is 17.1 Å². The third-order valence-electron chi connectivity index (χ3n) is 4.78. The molecule has 1 aliphatic rings. The van der Waals surface area contributed by atoms with Gasteiger partial charge < -0.3 is 15.3 Å². The van der Waals surface area contributed by atoms with Crippen molar-refractivity contribution in [3.05, 3.63) is 64.7 Å². The molecule has 3 aromatic rings. The van der Waals surface area contributed by atoms with Crippen molar-refractivity contribution in [1.29, 1.82) is 0 Å². The normalized spacial score (nSPS) is 15.4. The maximum absolute atomic E-state index is 12.5. The molecule has 0 unspecified atom stereocenters. The molecule has 150 valence electrons. The van der Waals surface area contributed by atoms with Crippen molar-refractivity contribution in [3.8, 4) is 5.69 Å². The highest BCUT2D eigenvalue weighted by atomic mass is 127. The molecule has 2 aromatic carbocycles. The Balaban J connectivity index is 1.88. The fourth-order valence-corrected chi connectivity index (χ4v) is 4.35. The maximum atomic E-state index is 12.5. The highest BCUT2D eigenvalue weighted by Gasteiger charge is 2.29. The summed E-state index contributed by atoms with van der Waals surface area (Å²) < 4.78 is 2.13. The Morgan fingerprint density at radius 1 is 1.24 bits per heavy atom. The minimum absolute atomic E-state index is 0.0866. The maximum Gasteiger partial charge on any atom is 0.251 e. The Labute approximate surface area is 186 Å². The average Bonchev–Trinajstić information content (AvgIpc) is 3.06. The van der Waals surface area contributed by atoms with Crippen LogP contribution in [0.2, 0.25) is 5.02 Å². The summed E-state index contributed by atoms with van der Waals surface area (Å²) in [4.78, 5) is 14.7. The van der Waals surface area contributed by atoms with E-state index in [9.17, 15) is 4.79 Å². The zero-order chi connectivity index (χ0) is 20.5. The van der Waals surface area contributed by atoms with Crippen LogP contribution >= 0.6 is 34.2 Å². The first-order valence-electron chi connectivity index (χ1n) is 9.12. The lowest BCUT2D eigenvalue weighted by molar-refractivity contribution is 0.0945. The van der Waals surface area contributed by atoms with E-state index < -0.39 is 0 Å². The Morgan fingerprint density at radius 2 is 2.00 bits per heavy atom. The van der Waals surface area contributed by atoms with E-state index in [1.807, 2.05) is 47.9 Å². The number of fused-ring (bicyclic) bond motifs is 3. The van der Waals surface area contributed by atoms with Crippen molar-refractivity contribution in [2.45, 2.75) is 10.8 Å². The number of carbonyl (C=O) groups is 1. The molecule has 29 heavy (non-hydrogen) atoms. The summed E-state index contributed by atoms with van der Waals surface area (Å²) in [5.41, 5.74) is 3.29. The highest BCUT2D eigenvalue weighted by Crippen LogP contribution is 2.40. The zero-order valence-electron chi connectivity index (χ0n) is 15.6. The number of benzene rings is 2. The van der Waals surface area contributed by atoms with Crippen LogP contribution in [0.5, 0.6) is 0 Å². The van der Waals surface area contributed by atoms with Gasteiger partial charge in [0.2, 0.25) is 0 Å². The zero-order valence-corrected chi connectivity index (χ0v) is 18.6. The molecule has 1 atom stereocenters. The van der Waals surface area contributed by atoms with Gasteiger partial charge in [-0.1, -0.05) is 34.2 Å². The molecule has 0 aliphatic carbocycles. The lowest BCUT2D eigenvalue weighted by atomic mass is 10.1. The number of amides is 1. The molecule has 0 radical (unpaired) electrons. The van der Waals surface area contributed by atoms with E-state index >= 15 is 0 Å². The van der Waals surface area contributed by atoms with Crippen LogP contribution in [-0.4, -0.2) is 45.5 Å². The Kier molecular flexibility index (Phi) is 5.75. The number of aliphatic hydroxyl groups is 1. The van der Waals surface area contributed by atoms with E-state index in [1.54, 1.807) is 6.07 Å². The molecule has 1 amide bonds. The van der Waals surface area contributed by atoms with Crippen molar-refractivity contribution in [2.24, 2.45) is 0 Å². The second-order valence-electron chi connectivity index (χ2n) is 6.68. The number of nitrogens with one attached hydrogen (secondary N) is 1. The Morgan fingerprint density at radius 3 is 2.72 bits per heavy atom. The minimum Gasteiger partial charge on any atom is -0.395 e. The summed E-state index contributed by atoms with van der Waals surface area (Å²) in [5, 5.41) is 21.0. The minimum atomic E-state index is -0.228. The Bertz CT molecular complexity index is 1050. The number of nitrogens with zero attached hydrogens (tertiary/aromatic N) is 4. The first kappa shape index (κ1) is 20.1. The third kappa shape index (κ3) is 3.84. The van der Waals surface area contributed by atoms with Crippen LogP contribution in [-0.2, 0) is 0 Å². The molecule has 0 fully saturated rings. The van der Waals surface area contributed by atoms with Gasteiger partial charge in [0.25, 0.3) is 5.91 Å². The molecule has 2 N–H and O–H groups in total. The van der Waals surface area contributed by atoms with E-state index in [1.165, 1.54) is 0 Å². The fraction of sp³-hybridized carbons (Fsp3) is 0.250. The van der Waals surface area contributed by atoms with Gasteiger partial charge in [-0.3, -0.25) is 9.36 Å². The quantitative estimate of drug-likeness (QED) is 0.404. The molecule has 0 saturated carbocycles. The third-order valence-corrected chi connectivity index (χ3v) is 5.98. The number of aryl methyl sites for hydroxylation is 1. The number of anilines is 2. The molecule has 0 bridgehead atoms. The summed E-state index contributed by atoms with van der Waals surface area (Å²) in [6.45, 7) is 2.69. The largest absolute Gasteiger partial charge is 0.395 e. The average molecular weight is 524 g/mol. The number of hydrogen-bond donors (Lipinski definition) is 2. The van der Waals surface area contributed by atoms with Crippen molar-refractivity contribution < 1.29 is 9.90 Å². The SMILES string of the molecule is Cc1nnc2n1-c1ccc(C(=O)NCCO)cc1N(c1ccc(Cl)cc1)C[C@H]2I. The van der Waals surface area contributed by atoms with Gasteiger partial charge in [0.15, 0.2) is 5.82 Å². The molecule has 9 heteroatoms. The Hall–Kier alpha value is -2.17. The molecular weight excluding hydrogens is 505 g/mol. The second-order valence-corrected chi connectivity index (χ2v) is 8.62. The monoisotopic (exact) mass is 523 g/mol. The van der Waals surface area contributed by atoms with Gasteiger partial charge >= 0.3 is 0 Å². The van der Waals surface area contributed by atoms with Gasteiger partial charge in [0.1, 0.15) is 5.82 Å². The van der Waals surface area contributed by atoms with Crippen LogP contribution in [0.25, 0.3) is 5.69 Å². The molecular formula is C20H19ClIN5O2. The van der Waals surface area contributed by atoms with Crippen LogP contribution in [0.3, 0.4) is 0 Å². The fourth-order valence-electron chi connectivity index (χ4n) is 3.43. The van der Waals surface area contributed by atoms with E-state index in [-0.39, 0.29) is 23.0 Å². The lowest BCUT2D eigenvalue weighted by Gasteiger charge is -2.26. The lowest BCUT2D eigenvalue weighted by Crippen LogP contribution is -2.27. The molecule has 4 rings (SSSR count). The van der Waals surface area contributed by atoms with E-state index in [0.717, 1.165) is 28.7 Å². The number of aromatic nitrogens is 3. The van der Waals surface area contributed by atoms with Gasteiger partial charge in [-0.25, -0.2) is 0 Å². The van der Waals surface area contributed by atoms with Crippen LogP contribution in [0, 0.1) is 6.92 Å². The summed E-state index contributed by atoms with van der Waals surface area (Å²) in [6, 6.07) is 13.2. The number of halogens is 2. The number of aliphatic hydroxyl groups excluding tert-OH is 1. The van der Waals surface area contributed by atoms with Crippen LogP contribution in [0.4, 0.5) is 11.4 Å². The summed E-state index contributed by atoms with van der Waals surface area (Å²) >= 11 is 8.46. The molecule has 1 aliphatic heterocycles. The van der Waals surface area contributed by atoms with Gasteiger partial charge in [0, 0.05) is 29.4 Å². The van der Waals surface area contributed by atoms with Gasteiger partial charge in [-0.2, -0.15) is 0 Å². The van der Waals surface area contributed by atoms with Crippen molar-refractivity contribution in [1.82, 2.24) is 20.1 Å². The summed E-state index contributed by atoms with van der Waals surface area (Å²) in [5.74, 6) is 1.44. The van der Waals surface area contributed by atoms with Crippen molar-refractivity contribution in [2.75, 3.05) is 24.6 Å². The van der Waals surface area contributed by atoms with Crippen molar-refractivity contribution in [3.63, 3.8) is 0 Å². The second kappa shape index (κ2) is 8.29. The first-order chi connectivity index (χ1) is 14.0. The predicted molar refractivity (Wildman–Crippen MR) is 121 cm³/mol. The number of carbonyl (C=O) groups excluding carboxylic acids is 1. The van der Waals surface area contributed by atoms with Crippen LogP contribution < -0.4 is 10.2 Å². The van der Waals surface area contributed by atoms with Gasteiger partial charge in [0.05, 0.1) is 21.9 Å². The predicted octanol–water partition coefficient (Wildman–Crippen LogP) is 3.58. The highest BCUT2D eigenvalue weighted by molar-refractivity contribution is 14.1. The number of rotatable bonds is 4. The number of alkyl halides is 1. The molecule has 0 spiro atoms. The molecule has 0 saturated heterocycles. The van der Waals surface area contributed by atoms with Crippen LogP contribution in [0.15, 0.2) is 42.5 Å². The standard InChI is InChI=1S/C20H19ClIN5O2/c1-12-24-25-19-16(22)11-26(15-5-3-14(21)4-6-15)18-10-13(20(29)23-8-9-28)2-7-17(18)27(12)19/h2-7,10,16,28H,8-9,11H2,1H3,(H,23,29)/t16-/m1/s1. The number of hydrogen-bond acceptors (Lipinski definition) is 5. The van der Waals surface area contributed by atoms with Crippen molar-refractivity contribution >= 4 is 51.5 Å². The smallest absolute Gasteiger partial charge is 0.251 e. The van der Waals surface area contributed by atoms with Gasteiger partial charge in [-0.05, 0) is 49.4 Å². The summed E-state index contributed by atoms with van der Waals surface area (Å²) in [7, 11) is 0. The topological polar surface area (TPSA) is 83.3 Å². The van der Waals surface area contributed by atoms with Gasteiger partial charge in [-0.15, -0.1) is 10.2 Å². The van der Waals surface area contributed by atoms with E-state index in [4.69, 9.17) is 16.7 Å². The van der Waals surface area contributed by atoms with Crippen LogP contribution in [0.1, 0.15) is 25.9 Å².